The van der Waals surface area contributed by atoms with E-state index in [4.69, 9.17) is 0 Å². The molecule has 0 aliphatic rings. The molecule has 0 spiro atoms. The van der Waals surface area contributed by atoms with Crippen LogP contribution < -0.4 is 5.11 Å². The number of carbonyl (C=O) groups is 1. The van der Waals surface area contributed by atoms with Gasteiger partial charge < -0.3 is 9.90 Å². The fourth-order valence-corrected chi connectivity index (χ4v) is 0.616. The topological polar surface area (TPSA) is 40.1 Å². The Labute approximate surface area is 60.9 Å². The fraction of sp³-hybridized carbons (Fsp3) is 0.375. The monoisotopic (exact) mass is 139 g/mol. The van der Waals surface area contributed by atoms with Crippen LogP contribution in [0.4, 0.5) is 0 Å². The smallest absolute Gasteiger partial charge is 0.0414 e. The Bertz CT molecular complexity index is 130. The van der Waals surface area contributed by atoms with Crippen LogP contribution in [0.5, 0.6) is 0 Å². The van der Waals surface area contributed by atoms with Crippen LogP contribution in [0.3, 0.4) is 0 Å². The molecule has 2 heteroatoms. The maximum absolute atomic E-state index is 9.96. The molecule has 0 saturated carbocycles. The van der Waals surface area contributed by atoms with E-state index >= 15 is 0 Å². The summed E-state index contributed by atoms with van der Waals surface area (Å²) in [6, 6.07) is 0. The molecule has 56 valence electrons. The Morgan fingerprint density at radius 1 is 1.50 bits per heavy atom. The van der Waals surface area contributed by atoms with E-state index in [1.165, 1.54) is 0 Å². The molecule has 0 aliphatic carbocycles. The van der Waals surface area contributed by atoms with E-state index in [0.29, 0.717) is 6.42 Å². The van der Waals surface area contributed by atoms with Gasteiger partial charge in [0.25, 0.3) is 0 Å². The summed E-state index contributed by atoms with van der Waals surface area (Å²) in [5.74, 6) is -0.924. The highest BCUT2D eigenvalue weighted by atomic mass is 16.4. The van der Waals surface area contributed by atoms with Gasteiger partial charge in [-0.15, -0.1) is 13.2 Å². The minimum absolute atomic E-state index is 0.0721. The van der Waals surface area contributed by atoms with Crippen LogP contribution in [0.25, 0.3) is 0 Å². The molecule has 0 unspecified atom stereocenters. The number of carboxylic acid groups (broad SMARTS) is 1. The molecule has 10 heavy (non-hydrogen) atoms. The van der Waals surface area contributed by atoms with Crippen LogP contribution >= 0.6 is 0 Å². The average Bonchev–Trinajstić information content (AvgIpc) is 1.90. The third-order valence-corrected chi connectivity index (χ3v) is 1.29. The van der Waals surface area contributed by atoms with Gasteiger partial charge in [0, 0.05) is 5.97 Å². The Kier molecular flexibility index (Phi) is 4.29. The zero-order valence-electron chi connectivity index (χ0n) is 5.88. The lowest BCUT2D eigenvalue weighted by Gasteiger charge is -2.05. The molecule has 0 aromatic rings. The fourth-order valence-electron chi connectivity index (χ4n) is 0.616. The van der Waals surface area contributed by atoms with Crippen molar-refractivity contribution < 1.29 is 9.90 Å². The zero-order valence-corrected chi connectivity index (χ0v) is 5.88. The van der Waals surface area contributed by atoms with Gasteiger partial charge >= 0.3 is 0 Å². The molecule has 0 atom stereocenters. The van der Waals surface area contributed by atoms with Crippen molar-refractivity contribution in [1.29, 1.82) is 0 Å². The molecular formula is C8H11O2-. The van der Waals surface area contributed by atoms with Crippen LogP contribution in [0, 0.1) is 5.92 Å². The van der Waals surface area contributed by atoms with Crippen molar-refractivity contribution in [3.8, 4) is 0 Å². The van der Waals surface area contributed by atoms with Crippen LogP contribution in [0.2, 0.25) is 0 Å². The van der Waals surface area contributed by atoms with E-state index in [0.717, 1.165) is 0 Å². The zero-order chi connectivity index (χ0) is 7.98. The number of allylic oxidation sites excluding steroid dienone is 2. The van der Waals surface area contributed by atoms with Gasteiger partial charge in [-0.05, 0) is 18.8 Å². The maximum atomic E-state index is 9.96. The third-order valence-electron chi connectivity index (χ3n) is 1.29. The third kappa shape index (κ3) is 3.89. The number of rotatable bonds is 5. The molecule has 0 aliphatic heterocycles. The van der Waals surface area contributed by atoms with Crippen molar-refractivity contribution in [3.05, 3.63) is 25.3 Å². The quantitative estimate of drug-likeness (QED) is 0.520. The Morgan fingerprint density at radius 3 is 2.30 bits per heavy atom. The van der Waals surface area contributed by atoms with Crippen molar-refractivity contribution in [2.45, 2.75) is 12.8 Å². The Morgan fingerprint density at radius 2 is 2.00 bits per heavy atom. The van der Waals surface area contributed by atoms with Crippen LogP contribution in [0.15, 0.2) is 25.3 Å². The first-order chi connectivity index (χ1) is 4.70. The molecule has 0 N–H and O–H groups in total. The first-order valence-corrected chi connectivity index (χ1v) is 3.15. The second-order valence-corrected chi connectivity index (χ2v) is 2.05. The minimum atomic E-state index is -1.02. The van der Waals surface area contributed by atoms with Gasteiger partial charge in [-0.3, -0.25) is 0 Å². The summed E-state index contributed by atoms with van der Waals surface area (Å²) in [5.41, 5.74) is 0. The Hall–Kier alpha value is -1.05. The van der Waals surface area contributed by atoms with Crippen LogP contribution in [-0.4, -0.2) is 5.97 Å². The van der Waals surface area contributed by atoms with E-state index in [2.05, 4.69) is 13.2 Å². The van der Waals surface area contributed by atoms with Gasteiger partial charge in [-0.25, -0.2) is 0 Å². The normalized spacial score (nSPS) is 9.30. The molecule has 0 heterocycles. The molecule has 0 aromatic heterocycles. The summed E-state index contributed by atoms with van der Waals surface area (Å²) in [6.45, 7) is 7.05. The maximum Gasteiger partial charge on any atom is 0.0414 e. The second-order valence-electron chi connectivity index (χ2n) is 2.05. The summed E-state index contributed by atoms with van der Waals surface area (Å²) in [5, 5.41) is 9.96. The van der Waals surface area contributed by atoms with Gasteiger partial charge in [0.1, 0.15) is 0 Å². The molecule has 0 fully saturated rings. The molecule has 0 radical (unpaired) electrons. The Balaban J connectivity index is 3.54. The minimum Gasteiger partial charge on any atom is -0.550 e. The van der Waals surface area contributed by atoms with Crippen molar-refractivity contribution in [2.75, 3.05) is 0 Å². The van der Waals surface area contributed by atoms with Crippen molar-refractivity contribution in [2.24, 2.45) is 5.92 Å². The van der Waals surface area contributed by atoms with E-state index in [1.54, 1.807) is 12.2 Å². The van der Waals surface area contributed by atoms with Gasteiger partial charge in [-0.1, -0.05) is 12.2 Å². The van der Waals surface area contributed by atoms with Gasteiger partial charge in [0.05, 0.1) is 0 Å². The highest BCUT2D eigenvalue weighted by Gasteiger charge is 1.96. The summed E-state index contributed by atoms with van der Waals surface area (Å²) in [6.07, 6.45) is 3.96. The summed E-state index contributed by atoms with van der Waals surface area (Å²) >= 11 is 0. The molecule has 0 bridgehead atoms. The molecule has 0 amide bonds. The lowest BCUT2D eigenvalue weighted by Crippen LogP contribution is -2.22. The number of carboxylic acids is 1. The molecule has 0 aromatic carbocycles. The molecule has 2 nitrogen and oxygen atoms in total. The largest absolute Gasteiger partial charge is 0.550 e. The molecular weight excluding hydrogens is 128 g/mol. The number of aliphatic carboxylic acids is 1. The highest BCUT2D eigenvalue weighted by Crippen LogP contribution is 2.06. The van der Waals surface area contributed by atoms with Gasteiger partial charge in [0.15, 0.2) is 0 Å². The predicted octanol–water partition coefficient (Wildman–Crippen LogP) is 0.505. The standard InChI is InChI=1S/C8H12O2/c1-3-7(4-2)5-6-8(9)10/h3-4,7H,1-2,5-6H2,(H,9,10)/p-1. The highest BCUT2D eigenvalue weighted by molar-refractivity contribution is 5.64. The van der Waals surface area contributed by atoms with Crippen molar-refractivity contribution in [1.82, 2.24) is 0 Å². The van der Waals surface area contributed by atoms with Gasteiger partial charge in [0.2, 0.25) is 0 Å². The summed E-state index contributed by atoms with van der Waals surface area (Å²) < 4.78 is 0. The van der Waals surface area contributed by atoms with Crippen LogP contribution in [0.1, 0.15) is 12.8 Å². The number of hydrogen-bond acceptors (Lipinski definition) is 2. The van der Waals surface area contributed by atoms with E-state index in [1.807, 2.05) is 0 Å². The average molecular weight is 139 g/mol. The number of hydrogen-bond donors (Lipinski definition) is 0. The van der Waals surface area contributed by atoms with Gasteiger partial charge in [-0.2, -0.15) is 0 Å². The lowest BCUT2D eigenvalue weighted by molar-refractivity contribution is -0.305. The second kappa shape index (κ2) is 4.79. The summed E-state index contributed by atoms with van der Waals surface area (Å²) in [4.78, 5) is 9.96. The van der Waals surface area contributed by atoms with E-state index < -0.39 is 5.97 Å². The van der Waals surface area contributed by atoms with E-state index in [-0.39, 0.29) is 12.3 Å². The first kappa shape index (κ1) is 8.95. The van der Waals surface area contributed by atoms with Crippen LogP contribution in [-0.2, 0) is 4.79 Å². The SMILES string of the molecule is C=CC(C=C)CCC(=O)[O-]. The number of carbonyl (C=O) groups excluding carboxylic acids is 1. The van der Waals surface area contributed by atoms with Crippen molar-refractivity contribution >= 4 is 5.97 Å². The molecule has 0 rings (SSSR count). The van der Waals surface area contributed by atoms with E-state index in [9.17, 15) is 9.90 Å². The van der Waals surface area contributed by atoms with Crippen molar-refractivity contribution in [3.63, 3.8) is 0 Å². The predicted molar refractivity (Wildman–Crippen MR) is 38.1 cm³/mol. The molecule has 0 saturated heterocycles. The lowest BCUT2D eigenvalue weighted by atomic mass is 10.0. The first-order valence-electron chi connectivity index (χ1n) is 3.15. The summed E-state index contributed by atoms with van der Waals surface area (Å²) in [7, 11) is 0.